The number of rotatable bonds is 12. The molecule has 0 spiro atoms. The molecule has 0 heterocycles. The average molecular weight is 465 g/mol. The molecule has 0 saturated heterocycles. The normalized spacial score (nSPS) is 16.4. The molecule has 1 saturated carbocycles. The van der Waals surface area contributed by atoms with Crippen LogP contribution in [0.25, 0.3) is 0 Å². The Bertz CT molecular complexity index is 939. The fraction of sp³-hybridized carbons (Fsp3) is 0.464. The summed E-state index contributed by atoms with van der Waals surface area (Å²) in [5, 5.41) is 14.2. The minimum Gasteiger partial charge on any atom is -0.465 e. The maximum absolute atomic E-state index is 12.8. The number of carbonyl (C=O) groups excluding carboxylic acids is 2. The summed E-state index contributed by atoms with van der Waals surface area (Å²) in [5.74, 6) is -1.49. The van der Waals surface area contributed by atoms with Gasteiger partial charge in [0.15, 0.2) is 0 Å². The largest absolute Gasteiger partial charge is 0.465 e. The van der Waals surface area contributed by atoms with Gasteiger partial charge in [-0.2, -0.15) is 0 Å². The fourth-order valence-electron chi connectivity index (χ4n) is 5.19. The summed E-state index contributed by atoms with van der Waals surface area (Å²) < 4.78 is 0. The number of carbonyl (C=O) groups is 3. The van der Waals surface area contributed by atoms with Gasteiger partial charge in [0.25, 0.3) is 5.91 Å². The number of unbranched alkanes of at least 4 members (excludes halogenated alkanes) is 1. The molecule has 1 aliphatic carbocycles. The van der Waals surface area contributed by atoms with E-state index in [0.717, 1.165) is 24.8 Å². The Kier molecular flexibility index (Phi) is 9.25. The monoisotopic (exact) mass is 464 g/mol. The molecule has 2 amide bonds. The molecule has 1 fully saturated rings. The zero-order valence-corrected chi connectivity index (χ0v) is 20.0. The second-order valence-corrected chi connectivity index (χ2v) is 9.59. The van der Waals surface area contributed by atoms with Crippen LogP contribution in [0.2, 0.25) is 0 Å². The lowest BCUT2D eigenvalue weighted by Crippen LogP contribution is -2.47. The van der Waals surface area contributed by atoms with Gasteiger partial charge in [-0.15, -0.1) is 0 Å². The Hall–Kier alpha value is -3.15. The summed E-state index contributed by atoms with van der Waals surface area (Å²) in [6.07, 6.45) is 7.63. The molecule has 6 heteroatoms. The highest BCUT2D eigenvalue weighted by Crippen LogP contribution is 2.45. The zero-order valence-electron chi connectivity index (χ0n) is 20.0. The molecule has 3 N–H and O–H groups in total. The molecule has 0 bridgehead atoms. The lowest BCUT2D eigenvalue weighted by atomic mass is 9.76. The second kappa shape index (κ2) is 12.4. The molecule has 6 nitrogen and oxygen atoms in total. The fourth-order valence-corrected chi connectivity index (χ4v) is 5.19. The van der Waals surface area contributed by atoms with Crippen LogP contribution in [0.3, 0.4) is 0 Å². The molecule has 34 heavy (non-hydrogen) atoms. The van der Waals surface area contributed by atoms with Crippen molar-refractivity contribution in [3.8, 4) is 0 Å². The summed E-state index contributed by atoms with van der Waals surface area (Å²) in [7, 11) is 0. The van der Waals surface area contributed by atoms with Crippen LogP contribution >= 0.6 is 0 Å². The molecule has 0 aromatic heterocycles. The topological polar surface area (TPSA) is 95.5 Å². The molecule has 1 aliphatic rings. The van der Waals surface area contributed by atoms with E-state index in [2.05, 4.69) is 34.9 Å². The van der Waals surface area contributed by atoms with Gasteiger partial charge in [-0.25, -0.2) is 4.79 Å². The highest BCUT2D eigenvalue weighted by atomic mass is 16.4. The van der Waals surface area contributed by atoms with Crippen LogP contribution in [0.5, 0.6) is 0 Å². The van der Waals surface area contributed by atoms with Crippen LogP contribution in [0.4, 0.5) is 4.79 Å². The van der Waals surface area contributed by atoms with Gasteiger partial charge >= 0.3 is 6.09 Å². The Morgan fingerprint density at radius 3 is 2.15 bits per heavy atom. The summed E-state index contributed by atoms with van der Waals surface area (Å²) >= 11 is 0. The minimum atomic E-state index is -1.29. The van der Waals surface area contributed by atoms with Crippen molar-refractivity contribution in [3.63, 3.8) is 0 Å². The quantitative estimate of drug-likeness (QED) is 0.288. The summed E-state index contributed by atoms with van der Waals surface area (Å²) in [6, 6.07) is 18.5. The van der Waals surface area contributed by atoms with Gasteiger partial charge in [-0.1, -0.05) is 86.3 Å². The van der Waals surface area contributed by atoms with Gasteiger partial charge in [-0.3, -0.25) is 9.59 Å². The molecular formula is C28H36N2O4. The van der Waals surface area contributed by atoms with Crippen LogP contribution < -0.4 is 10.6 Å². The molecule has 0 unspecified atom stereocenters. The molecule has 3 rings (SSSR count). The number of benzene rings is 2. The molecule has 2 atom stereocenters. The number of hydrogen-bond donors (Lipinski definition) is 3. The van der Waals surface area contributed by atoms with Gasteiger partial charge in [-0.05, 0) is 55.6 Å². The first-order chi connectivity index (χ1) is 16.4. The number of hydrogen-bond acceptors (Lipinski definition) is 3. The Morgan fingerprint density at radius 2 is 1.53 bits per heavy atom. The number of amides is 2. The molecule has 0 radical (unpaired) electrons. The van der Waals surface area contributed by atoms with Crippen LogP contribution in [-0.4, -0.2) is 28.9 Å². The maximum Gasteiger partial charge on any atom is 0.405 e. The van der Waals surface area contributed by atoms with Gasteiger partial charge in [0.05, 0.1) is 6.04 Å². The molecule has 2 aromatic rings. The number of ketones is 1. The standard InChI is InChI=1S/C28H36N2O4/c1-21(23-14-6-3-7-15-23)29-26(32)25(31)24(30-27(33)34)16-8-9-17-28(18-10-11-19-28)20-22-12-4-2-5-13-22/h2-7,12-15,21,24,30H,8-11,16-20H2,1H3,(H,29,32)(H,33,34)/t21-,24+/m1/s1. The predicted octanol–water partition coefficient (Wildman–Crippen LogP) is 5.43. The third-order valence-electron chi connectivity index (χ3n) is 7.02. The van der Waals surface area contributed by atoms with Gasteiger partial charge in [0.1, 0.15) is 6.04 Å². The number of carboxylic acid groups (broad SMARTS) is 1. The van der Waals surface area contributed by atoms with E-state index in [1.807, 2.05) is 36.4 Å². The van der Waals surface area contributed by atoms with E-state index in [-0.39, 0.29) is 11.5 Å². The Balaban J connectivity index is 1.53. The van der Waals surface area contributed by atoms with Crippen LogP contribution in [0.15, 0.2) is 60.7 Å². The lowest BCUT2D eigenvalue weighted by Gasteiger charge is -2.29. The van der Waals surface area contributed by atoms with E-state index >= 15 is 0 Å². The van der Waals surface area contributed by atoms with Crippen molar-refractivity contribution in [3.05, 3.63) is 71.8 Å². The molecule has 2 aromatic carbocycles. The van der Waals surface area contributed by atoms with Crippen LogP contribution in [0, 0.1) is 5.41 Å². The first-order valence-corrected chi connectivity index (χ1v) is 12.3. The summed E-state index contributed by atoms with van der Waals surface area (Å²) in [6.45, 7) is 1.80. The Labute approximate surface area is 202 Å². The van der Waals surface area contributed by atoms with E-state index in [4.69, 9.17) is 0 Å². The van der Waals surface area contributed by atoms with Gasteiger partial charge < -0.3 is 15.7 Å². The number of nitrogens with one attached hydrogen (secondary N) is 2. The van der Waals surface area contributed by atoms with Crippen molar-refractivity contribution in [1.82, 2.24) is 10.6 Å². The SMILES string of the molecule is C[C@@H](NC(=O)C(=O)[C@H](CCCCC1(Cc2ccccc2)CCCC1)NC(=O)O)c1ccccc1. The van der Waals surface area contributed by atoms with Gasteiger partial charge in [0, 0.05) is 0 Å². The summed E-state index contributed by atoms with van der Waals surface area (Å²) in [4.78, 5) is 36.6. The van der Waals surface area contributed by atoms with E-state index in [1.54, 1.807) is 6.92 Å². The lowest BCUT2D eigenvalue weighted by molar-refractivity contribution is -0.139. The first-order valence-electron chi connectivity index (χ1n) is 12.3. The van der Waals surface area contributed by atoms with E-state index in [1.165, 1.54) is 31.2 Å². The maximum atomic E-state index is 12.8. The first kappa shape index (κ1) is 25.5. The second-order valence-electron chi connectivity index (χ2n) is 9.59. The third kappa shape index (κ3) is 7.44. The van der Waals surface area contributed by atoms with Crippen molar-refractivity contribution < 1.29 is 19.5 Å². The van der Waals surface area contributed by atoms with Crippen molar-refractivity contribution in [2.24, 2.45) is 5.41 Å². The molecule has 182 valence electrons. The van der Waals surface area contributed by atoms with Crippen LogP contribution in [-0.2, 0) is 16.0 Å². The predicted molar refractivity (Wildman–Crippen MR) is 132 cm³/mol. The van der Waals surface area contributed by atoms with E-state index in [9.17, 15) is 19.5 Å². The van der Waals surface area contributed by atoms with Crippen LogP contribution in [0.1, 0.15) is 75.5 Å². The minimum absolute atomic E-state index is 0.281. The van der Waals surface area contributed by atoms with Crippen molar-refractivity contribution in [2.75, 3.05) is 0 Å². The zero-order chi connectivity index (χ0) is 24.4. The van der Waals surface area contributed by atoms with Crippen molar-refractivity contribution in [1.29, 1.82) is 0 Å². The van der Waals surface area contributed by atoms with E-state index in [0.29, 0.717) is 12.8 Å². The highest BCUT2D eigenvalue weighted by Gasteiger charge is 2.34. The molecule has 0 aliphatic heterocycles. The third-order valence-corrected chi connectivity index (χ3v) is 7.02. The smallest absolute Gasteiger partial charge is 0.405 e. The average Bonchev–Trinajstić information content (AvgIpc) is 3.29. The summed E-state index contributed by atoms with van der Waals surface area (Å²) in [5.41, 5.74) is 2.52. The molecular weight excluding hydrogens is 428 g/mol. The van der Waals surface area contributed by atoms with E-state index < -0.39 is 23.8 Å². The highest BCUT2D eigenvalue weighted by molar-refractivity contribution is 6.38. The Morgan fingerprint density at radius 1 is 0.912 bits per heavy atom. The number of Topliss-reactive ketones (excluding diaryl/α,β-unsaturated/α-hetero) is 1. The van der Waals surface area contributed by atoms with Crippen molar-refractivity contribution >= 4 is 17.8 Å². The van der Waals surface area contributed by atoms with Gasteiger partial charge in [0.2, 0.25) is 5.78 Å². The van der Waals surface area contributed by atoms with Crippen molar-refractivity contribution in [2.45, 2.75) is 76.8 Å².